The van der Waals surface area contributed by atoms with E-state index in [1.807, 2.05) is 0 Å². The molecule has 0 bridgehead atoms. The Morgan fingerprint density at radius 1 is 1.14 bits per heavy atom. The standard InChI is InChI=1S/C25H22ClN3O6S/c1-14(2)34-25(31)21-12-17(6-10-22(21)26)29-24(30)20(15(3)28-29)13-18-7-11-23(35-18)16-4-8-19(9-5-16)36(27,32)33/h4-14H,1-3H3,(H2,27,32,33)/b20-13-. The first kappa shape index (κ1) is 25.4. The van der Waals surface area contributed by atoms with Crippen molar-refractivity contribution in [2.24, 2.45) is 10.2 Å². The highest BCUT2D eigenvalue weighted by Crippen LogP contribution is 2.30. The first-order chi connectivity index (χ1) is 16.9. The minimum Gasteiger partial charge on any atom is -0.459 e. The van der Waals surface area contributed by atoms with E-state index in [-0.39, 0.29) is 21.6 Å². The van der Waals surface area contributed by atoms with Crippen LogP contribution in [0.25, 0.3) is 17.4 Å². The number of hydrogen-bond donors (Lipinski definition) is 1. The Labute approximate surface area is 212 Å². The summed E-state index contributed by atoms with van der Waals surface area (Å²) in [7, 11) is -3.80. The van der Waals surface area contributed by atoms with Gasteiger partial charge in [-0.05, 0) is 81.4 Å². The number of ether oxygens (including phenoxy) is 1. The third kappa shape index (κ3) is 5.25. The van der Waals surface area contributed by atoms with Gasteiger partial charge in [-0.15, -0.1) is 0 Å². The molecule has 2 heterocycles. The Balaban J connectivity index is 1.58. The molecule has 186 valence electrons. The van der Waals surface area contributed by atoms with E-state index in [4.69, 9.17) is 25.9 Å². The number of carbonyl (C=O) groups excluding carboxylic acids is 2. The number of carbonyl (C=O) groups is 2. The zero-order chi connectivity index (χ0) is 26.2. The number of anilines is 1. The van der Waals surface area contributed by atoms with E-state index in [2.05, 4.69) is 5.10 Å². The van der Waals surface area contributed by atoms with Crippen LogP contribution in [0.4, 0.5) is 5.69 Å². The Morgan fingerprint density at radius 2 is 1.83 bits per heavy atom. The number of rotatable bonds is 6. The molecule has 0 radical (unpaired) electrons. The molecule has 4 rings (SSSR count). The van der Waals surface area contributed by atoms with Crippen molar-refractivity contribution in [3.8, 4) is 11.3 Å². The maximum atomic E-state index is 13.2. The van der Waals surface area contributed by atoms with Crippen LogP contribution in [0, 0.1) is 0 Å². The number of halogens is 1. The second-order valence-electron chi connectivity index (χ2n) is 8.25. The van der Waals surface area contributed by atoms with Gasteiger partial charge in [0.25, 0.3) is 5.91 Å². The molecule has 1 aliphatic rings. The van der Waals surface area contributed by atoms with Crippen molar-refractivity contribution < 1.29 is 27.2 Å². The fraction of sp³-hybridized carbons (Fsp3) is 0.160. The average molecular weight is 528 g/mol. The normalized spacial score (nSPS) is 15.1. The first-order valence-corrected chi connectivity index (χ1v) is 12.7. The van der Waals surface area contributed by atoms with Gasteiger partial charge in [0, 0.05) is 5.56 Å². The zero-order valence-corrected chi connectivity index (χ0v) is 21.1. The van der Waals surface area contributed by atoms with Gasteiger partial charge in [-0.2, -0.15) is 10.1 Å². The lowest BCUT2D eigenvalue weighted by Crippen LogP contribution is -2.22. The summed E-state index contributed by atoms with van der Waals surface area (Å²) in [6.07, 6.45) is 1.23. The average Bonchev–Trinajstić information content (AvgIpc) is 3.39. The van der Waals surface area contributed by atoms with Gasteiger partial charge in [0.05, 0.1) is 38.6 Å². The molecule has 0 unspecified atom stereocenters. The molecule has 0 atom stereocenters. The molecule has 0 saturated heterocycles. The fourth-order valence-corrected chi connectivity index (χ4v) is 4.19. The van der Waals surface area contributed by atoms with Gasteiger partial charge in [-0.3, -0.25) is 4.79 Å². The third-order valence-corrected chi connectivity index (χ3v) is 6.46. The molecule has 2 aromatic carbocycles. The van der Waals surface area contributed by atoms with Crippen molar-refractivity contribution in [3.63, 3.8) is 0 Å². The van der Waals surface area contributed by atoms with Gasteiger partial charge >= 0.3 is 5.97 Å². The Morgan fingerprint density at radius 3 is 2.47 bits per heavy atom. The summed E-state index contributed by atoms with van der Waals surface area (Å²) in [5.74, 6) is -0.128. The molecule has 9 nitrogen and oxygen atoms in total. The monoisotopic (exact) mass is 527 g/mol. The number of hydrogen-bond acceptors (Lipinski definition) is 7. The summed E-state index contributed by atoms with van der Waals surface area (Å²) in [4.78, 5) is 25.5. The molecule has 0 saturated carbocycles. The number of hydrazone groups is 1. The number of esters is 1. The first-order valence-electron chi connectivity index (χ1n) is 10.8. The number of amides is 1. The molecular weight excluding hydrogens is 506 g/mol. The van der Waals surface area contributed by atoms with Crippen LogP contribution in [-0.4, -0.2) is 32.1 Å². The Hall–Kier alpha value is -3.73. The summed E-state index contributed by atoms with van der Waals surface area (Å²) >= 11 is 6.17. The smallest absolute Gasteiger partial charge is 0.339 e. The largest absolute Gasteiger partial charge is 0.459 e. The number of primary sulfonamides is 1. The molecule has 11 heteroatoms. The minimum atomic E-state index is -3.80. The van der Waals surface area contributed by atoms with Crippen molar-refractivity contribution in [3.05, 3.63) is 76.5 Å². The lowest BCUT2D eigenvalue weighted by Gasteiger charge is -2.14. The molecule has 36 heavy (non-hydrogen) atoms. The molecule has 0 aliphatic carbocycles. The Bertz CT molecular complexity index is 1520. The van der Waals surface area contributed by atoms with Crippen LogP contribution >= 0.6 is 11.6 Å². The lowest BCUT2D eigenvalue weighted by atomic mass is 10.1. The minimum absolute atomic E-state index is 0.00791. The highest BCUT2D eigenvalue weighted by Gasteiger charge is 2.30. The summed E-state index contributed by atoms with van der Waals surface area (Å²) in [5, 5.41) is 10.8. The molecule has 1 aromatic heterocycles. The number of nitrogens with zero attached hydrogens (tertiary/aromatic N) is 2. The van der Waals surface area contributed by atoms with Gasteiger partial charge in [-0.1, -0.05) is 11.6 Å². The van der Waals surface area contributed by atoms with Gasteiger partial charge in [-0.25, -0.2) is 18.4 Å². The lowest BCUT2D eigenvalue weighted by molar-refractivity contribution is -0.114. The quantitative estimate of drug-likeness (QED) is 0.367. The van der Waals surface area contributed by atoms with E-state index in [0.29, 0.717) is 34.1 Å². The summed E-state index contributed by atoms with van der Waals surface area (Å²) in [5.41, 5.74) is 1.89. The highest BCUT2D eigenvalue weighted by atomic mass is 35.5. The molecular formula is C25H22ClN3O6S. The van der Waals surface area contributed by atoms with E-state index >= 15 is 0 Å². The SMILES string of the molecule is CC1=NN(c2ccc(Cl)c(C(=O)OC(C)C)c2)C(=O)/C1=C\c1ccc(-c2ccc(S(N)(=O)=O)cc2)o1. The van der Waals surface area contributed by atoms with Crippen molar-refractivity contribution in [1.29, 1.82) is 0 Å². The number of nitrogens with two attached hydrogens (primary N) is 1. The van der Waals surface area contributed by atoms with Crippen LogP contribution in [0.5, 0.6) is 0 Å². The number of benzene rings is 2. The van der Waals surface area contributed by atoms with Crippen molar-refractivity contribution in [2.75, 3.05) is 5.01 Å². The molecule has 0 spiro atoms. The number of sulfonamides is 1. The topological polar surface area (TPSA) is 132 Å². The van der Waals surface area contributed by atoms with E-state index < -0.39 is 21.9 Å². The molecule has 2 N–H and O–H groups in total. The fourth-order valence-electron chi connectivity index (χ4n) is 3.47. The van der Waals surface area contributed by atoms with Gasteiger partial charge in [0.1, 0.15) is 11.5 Å². The van der Waals surface area contributed by atoms with E-state index in [9.17, 15) is 18.0 Å². The van der Waals surface area contributed by atoms with Crippen molar-refractivity contribution in [2.45, 2.75) is 31.8 Å². The van der Waals surface area contributed by atoms with Crippen LogP contribution in [0.1, 0.15) is 36.9 Å². The van der Waals surface area contributed by atoms with Crippen LogP contribution in [-0.2, 0) is 19.6 Å². The third-order valence-electron chi connectivity index (χ3n) is 5.20. The molecule has 1 amide bonds. The number of furan rings is 1. The van der Waals surface area contributed by atoms with E-state index in [1.165, 1.54) is 29.3 Å². The predicted molar refractivity (Wildman–Crippen MR) is 136 cm³/mol. The summed E-state index contributed by atoms with van der Waals surface area (Å²) in [6, 6.07) is 13.9. The molecule has 0 fully saturated rings. The van der Waals surface area contributed by atoms with Crippen molar-refractivity contribution in [1.82, 2.24) is 0 Å². The molecule has 3 aromatic rings. The highest BCUT2D eigenvalue weighted by molar-refractivity contribution is 7.89. The second kappa shape index (κ2) is 9.73. The second-order valence-corrected chi connectivity index (χ2v) is 10.2. The summed E-state index contributed by atoms with van der Waals surface area (Å²) in [6.45, 7) is 5.14. The molecule has 1 aliphatic heterocycles. The van der Waals surface area contributed by atoms with Crippen LogP contribution in [0.15, 0.2) is 74.6 Å². The van der Waals surface area contributed by atoms with Gasteiger partial charge < -0.3 is 9.15 Å². The maximum Gasteiger partial charge on any atom is 0.339 e. The van der Waals surface area contributed by atoms with Crippen LogP contribution in [0.2, 0.25) is 5.02 Å². The summed E-state index contributed by atoms with van der Waals surface area (Å²) < 4.78 is 34.0. The van der Waals surface area contributed by atoms with Crippen LogP contribution < -0.4 is 10.1 Å². The maximum absolute atomic E-state index is 13.2. The Kier molecular flexibility index (Phi) is 6.85. The van der Waals surface area contributed by atoms with Crippen LogP contribution in [0.3, 0.4) is 0 Å². The van der Waals surface area contributed by atoms with E-state index in [0.717, 1.165) is 0 Å². The van der Waals surface area contributed by atoms with Gasteiger partial charge in [0.2, 0.25) is 10.0 Å². The van der Waals surface area contributed by atoms with E-state index in [1.54, 1.807) is 57.2 Å². The predicted octanol–water partition coefficient (Wildman–Crippen LogP) is 4.62. The zero-order valence-electron chi connectivity index (χ0n) is 19.6. The van der Waals surface area contributed by atoms with Crippen molar-refractivity contribution >= 4 is 51.0 Å². The van der Waals surface area contributed by atoms with Gasteiger partial charge in [0.15, 0.2) is 0 Å².